The van der Waals surface area contributed by atoms with E-state index in [2.05, 4.69) is 9.97 Å². The van der Waals surface area contributed by atoms with Crippen LogP contribution in [0, 0.1) is 12.9 Å². The Kier molecular flexibility index (Phi) is 2.23. The molecule has 0 aliphatic heterocycles. The Labute approximate surface area is 81.5 Å². The summed E-state index contributed by atoms with van der Waals surface area (Å²) in [6, 6.07) is 5.50. The van der Waals surface area contributed by atoms with E-state index in [4.69, 9.17) is 0 Å². The largest absolute Gasteiger partial charge is 0.265 e. The Morgan fingerprint density at radius 3 is 2.50 bits per heavy atom. The van der Waals surface area contributed by atoms with Gasteiger partial charge in [0.05, 0.1) is 0 Å². The van der Waals surface area contributed by atoms with Crippen molar-refractivity contribution in [3.63, 3.8) is 0 Å². The molecule has 3 heteroatoms. The van der Waals surface area contributed by atoms with Crippen LogP contribution in [0.3, 0.4) is 0 Å². The van der Waals surface area contributed by atoms with E-state index >= 15 is 0 Å². The lowest BCUT2D eigenvalue weighted by atomic mass is 10.0. The van der Waals surface area contributed by atoms with E-state index in [0.29, 0.717) is 5.56 Å². The Hall–Kier alpha value is -1.77. The molecule has 0 unspecified atom stereocenters. The summed E-state index contributed by atoms with van der Waals surface area (Å²) in [6.07, 6.45) is 4.85. The fourth-order valence-corrected chi connectivity index (χ4v) is 1.35. The first-order chi connectivity index (χ1) is 6.79. The minimum Gasteiger partial charge on any atom is -0.265 e. The number of rotatable bonds is 1. The van der Waals surface area contributed by atoms with E-state index in [1.165, 1.54) is 6.20 Å². The maximum atomic E-state index is 13.1. The molecular weight excluding hydrogens is 179 g/mol. The lowest BCUT2D eigenvalue weighted by molar-refractivity contribution is 0.575. The first-order valence-corrected chi connectivity index (χ1v) is 4.30. The first-order valence-electron chi connectivity index (χ1n) is 4.30. The van der Waals surface area contributed by atoms with Gasteiger partial charge in [-0.2, -0.15) is 4.39 Å². The van der Waals surface area contributed by atoms with E-state index in [0.717, 1.165) is 11.1 Å². The van der Waals surface area contributed by atoms with Crippen LogP contribution in [0.2, 0.25) is 0 Å². The zero-order valence-electron chi connectivity index (χ0n) is 7.74. The third-order valence-corrected chi connectivity index (χ3v) is 2.13. The van der Waals surface area contributed by atoms with Crippen molar-refractivity contribution in [1.82, 2.24) is 9.97 Å². The van der Waals surface area contributed by atoms with E-state index in [9.17, 15) is 4.39 Å². The molecule has 14 heavy (non-hydrogen) atoms. The third kappa shape index (κ3) is 1.48. The number of pyridine rings is 2. The third-order valence-electron chi connectivity index (χ3n) is 2.13. The molecule has 0 bridgehead atoms. The SMILES string of the molecule is Cc1c(-c2ccncc2)ccnc1F. The van der Waals surface area contributed by atoms with Crippen LogP contribution in [-0.4, -0.2) is 9.97 Å². The minimum absolute atomic E-state index is 0.417. The van der Waals surface area contributed by atoms with Gasteiger partial charge in [0, 0.05) is 24.2 Å². The van der Waals surface area contributed by atoms with E-state index < -0.39 is 5.95 Å². The van der Waals surface area contributed by atoms with Crippen molar-refractivity contribution in [2.75, 3.05) is 0 Å². The van der Waals surface area contributed by atoms with Gasteiger partial charge in [-0.25, -0.2) is 4.98 Å². The van der Waals surface area contributed by atoms with Crippen molar-refractivity contribution in [3.05, 3.63) is 48.3 Å². The number of nitrogens with zero attached hydrogens (tertiary/aromatic N) is 2. The van der Waals surface area contributed by atoms with Crippen LogP contribution < -0.4 is 0 Å². The van der Waals surface area contributed by atoms with Crippen molar-refractivity contribution < 1.29 is 4.39 Å². The lowest BCUT2D eigenvalue weighted by Gasteiger charge is -2.04. The zero-order chi connectivity index (χ0) is 9.97. The Morgan fingerprint density at radius 2 is 1.79 bits per heavy atom. The number of halogens is 1. The quantitative estimate of drug-likeness (QED) is 0.643. The summed E-state index contributed by atoms with van der Waals surface area (Å²) in [5.74, 6) is -0.417. The maximum Gasteiger partial charge on any atom is 0.216 e. The van der Waals surface area contributed by atoms with E-state index in [1.54, 1.807) is 25.4 Å². The fraction of sp³-hybridized carbons (Fsp3) is 0.0909. The molecule has 2 aromatic rings. The number of hydrogen-bond donors (Lipinski definition) is 0. The average Bonchev–Trinajstić information content (AvgIpc) is 2.23. The van der Waals surface area contributed by atoms with E-state index in [1.807, 2.05) is 12.1 Å². The summed E-state index contributed by atoms with van der Waals surface area (Å²) in [6.45, 7) is 1.72. The van der Waals surface area contributed by atoms with Gasteiger partial charge in [-0.15, -0.1) is 0 Å². The molecule has 70 valence electrons. The van der Waals surface area contributed by atoms with Crippen LogP contribution in [-0.2, 0) is 0 Å². The molecular formula is C11H9FN2. The molecule has 0 radical (unpaired) electrons. The molecule has 2 aromatic heterocycles. The molecule has 0 saturated carbocycles. The molecule has 0 fully saturated rings. The van der Waals surface area contributed by atoms with Gasteiger partial charge < -0.3 is 0 Å². The van der Waals surface area contributed by atoms with Crippen LogP contribution in [0.25, 0.3) is 11.1 Å². The molecule has 2 rings (SSSR count). The first kappa shape index (κ1) is 8.81. The highest BCUT2D eigenvalue weighted by atomic mass is 19.1. The van der Waals surface area contributed by atoms with Crippen LogP contribution in [0.1, 0.15) is 5.56 Å². The number of hydrogen-bond acceptors (Lipinski definition) is 2. The van der Waals surface area contributed by atoms with Crippen LogP contribution >= 0.6 is 0 Å². The summed E-state index contributed by atoms with van der Waals surface area (Å²) in [5, 5.41) is 0. The predicted octanol–water partition coefficient (Wildman–Crippen LogP) is 2.59. The molecule has 0 spiro atoms. The van der Waals surface area contributed by atoms with Crippen molar-refractivity contribution >= 4 is 0 Å². The molecule has 0 aliphatic carbocycles. The topological polar surface area (TPSA) is 25.8 Å². The van der Waals surface area contributed by atoms with Gasteiger partial charge in [-0.3, -0.25) is 4.98 Å². The maximum absolute atomic E-state index is 13.1. The highest BCUT2D eigenvalue weighted by molar-refractivity contribution is 5.65. The van der Waals surface area contributed by atoms with Gasteiger partial charge >= 0.3 is 0 Å². The van der Waals surface area contributed by atoms with Crippen LogP contribution in [0.4, 0.5) is 4.39 Å². The average molecular weight is 188 g/mol. The fourth-order valence-electron chi connectivity index (χ4n) is 1.35. The second kappa shape index (κ2) is 3.54. The van der Waals surface area contributed by atoms with Gasteiger partial charge in [0.1, 0.15) is 0 Å². The summed E-state index contributed by atoms with van der Waals surface area (Å²) < 4.78 is 13.1. The molecule has 0 N–H and O–H groups in total. The van der Waals surface area contributed by atoms with Crippen molar-refractivity contribution in [2.24, 2.45) is 0 Å². The van der Waals surface area contributed by atoms with Crippen LogP contribution in [0.15, 0.2) is 36.8 Å². The molecule has 0 amide bonds. The second-order valence-electron chi connectivity index (χ2n) is 3.01. The lowest BCUT2D eigenvalue weighted by Crippen LogP contribution is -1.91. The summed E-state index contributed by atoms with van der Waals surface area (Å²) in [5.41, 5.74) is 2.39. The van der Waals surface area contributed by atoms with Gasteiger partial charge in [-0.05, 0) is 36.2 Å². The van der Waals surface area contributed by atoms with Crippen molar-refractivity contribution in [2.45, 2.75) is 6.92 Å². The molecule has 0 aromatic carbocycles. The smallest absolute Gasteiger partial charge is 0.216 e. The molecule has 0 atom stereocenters. The van der Waals surface area contributed by atoms with Gasteiger partial charge in [-0.1, -0.05) is 0 Å². The zero-order valence-corrected chi connectivity index (χ0v) is 7.74. The van der Waals surface area contributed by atoms with Crippen molar-refractivity contribution in [3.8, 4) is 11.1 Å². The van der Waals surface area contributed by atoms with Crippen molar-refractivity contribution in [1.29, 1.82) is 0 Å². The summed E-state index contributed by atoms with van der Waals surface area (Å²) in [7, 11) is 0. The minimum atomic E-state index is -0.417. The summed E-state index contributed by atoms with van der Waals surface area (Å²) >= 11 is 0. The number of aromatic nitrogens is 2. The Bertz CT molecular complexity index is 440. The van der Waals surface area contributed by atoms with E-state index in [-0.39, 0.29) is 0 Å². The summed E-state index contributed by atoms with van der Waals surface area (Å²) in [4.78, 5) is 7.50. The normalized spacial score (nSPS) is 10.1. The Morgan fingerprint density at radius 1 is 1.07 bits per heavy atom. The van der Waals surface area contributed by atoms with Gasteiger partial charge in [0.2, 0.25) is 5.95 Å². The van der Waals surface area contributed by atoms with Crippen LogP contribution in [0.5, 0.6) is 0 Å². The highest BCUT2D eigenvalue weighted by Gasteiger charge is 2.05. The highest BCUT2D eigenvalue weighted by Crippen LogP contribution is 2.22. The molecule has 0 aliphatic rings. The Balaban J connectivity index is 2.58. The standard InChI is InChI=1S/C11H9FN2/c1-8-10(4-7-14-11(8)12)9-2-5-13-6-3-9/h2-7H,1H3. The molecule has 2 heterocycles. The second-order valence-corrected chi connectivity index (χ2v) is 3.01. The monoisotopic (exact) mass is 188 g/mol. The van der Waals surface area contributed by atoms with Gasteiger partial charge in [0.25, 0.3) is 0 Å². The molecule has 0 saturated heterocycles. The predicted molar refractivity (Wildman–Crippen MR) is 52.2 cm³/mol. The van der Waals surface area contributed by atoms with Gasteiger partial charge in [0.15, 0.2) is 0 Å². The molecule has 2 nitrogen and oxygen atoms in total.